The molecule has 4 N–H and O–H groups in total. The van der Waals surface area contributed by atoms with Crippen LogP contribution >= 0.6 is 0 Å². The van der Waals surface area contributed by atoms with Crippen LogP contribution in [0.3, 0.4) is 0 Å². The van der Waals surface area contributed by atoms with Crippen molar-refractivity contribution in [3.63, 3.8) is 0 Å². The zero-order valence-electron chi connectivity index (χ0n) is 26.7. The van der Waals surface area contributed by atoms with Crippen molar-refractivity contribution in [2.45, 2.75) is 62.5 Å². The average Bonchev–Trinajstić information content (AvgIpc) is 3.61. The molecule has 0 radical (unpaired) electrons. The van der Waals surface area contributed by atoms with Gasteiger partial charge in [-0.3, -0.25) is 4.90 Å². The van der Waals surface area contributed by atoms with Gasteiger partial charge in [0.05, 0.1) is 42.6 Å². The van der Waals surface area contributed by atoms with Gasteiger partial charge in [0, 0.05) is 38.3 Å². The molecule has 0 bridgehead atoms. The van der Waals surface area contributed by atoms with Crippen molar-refractivity contribution >= 4 is 31.8 Å². The largest absolute Gasteiger partial charge is 0.465 e. The summed E-state index contributed by atoms with van der Waals surface area (Å²) in [5, 5.41) is 25.5. The number of amides is 1. The zero-order chi connectivity index (χ0) is 33.7. The lowest BCUT2D eigenvalue weighted by molar-refractivity contribution is -0.0906. The second kappa shape index (κ2) is 15.0. The molecule has 0 aromatic heterocycles. The van der Waals surface area contributed by atoms with Crippen molar-refractivity contribution < 1.29 is 41.3 Å². The third kappa shape index (κ3) is 9.18. The fraction of sp³-hybridized carbons (Fsp3) is 0.581. The number of sulfonamides is 2. The van der Waals surface area contributed by atoms with Crippen LogP contribution in [-0.4, -0.2) is 113 Å². The highest BCUT2D eigenvalue weighted by Gasteiger charge is 2.49. The molecule has 0 spiro atoms. The third-order valence-electron chi connectivity index (χ3n) is 8.60. The molecule has 2 fully saturated rings. The van der Waals surface area contributed by atoms with Crippen LogP contribution in [0.25, 0.3) is 0 Å². The Morgan fingerprint density at radius 3 is 2.46 bits per heavy atom. The van der Waals surface area contributed by atoms with Crippen LogP contribution in [0.5, 0.6) is 0 Å². The van der Waals surface area contributed by atoms with E-state index in [4.69, 9.17) is 9.47 Å². The van der Waals surface area contributed by atoms with Crippen LogP contribution in [0, 0.1) is 11.3 Å². The van der Waals surface area contributed by atoms with Crippen LogP contribution in [0.15, 0.2) is 59.5 Å². The lowest BCUT2D eigenvalue weighted by Gasteiger charge is -2.40. The van der Waals surface area contributed by atoms with Gasteiger partial charge in [-0.15, -0.1) is 0 Å². The number of carbonyl (C=O) groups is 1. The molecule has 2 heterocycles. The Bertz CT molecular complexity index is 1540. The molecule has 5 atom stereocenters. The van der Waals surface area contributed by atoms with E-state index >= 15 is 0 Å². The number of benzene rings is 2. The minimum Gasteiger partial charge on any atom is -0.465 e. The van der Waals surface area contributed by atoms with Gasteiger partial charge < -0.3 is 25.0 Å². The van der Waals surface area contributed by atoms with Gasteiger partial charge in [0.25, 0.3) is 0 Å². The summed E-state index contributed by atoms with van der Waals surface area (Å²) in [4.78, 5) is 14.2. The summed E-state index contributed by atoms with van der Waals surface area (Å²) < 4.78 is 66.9. The van der Waals surface area contributed by atoms with Gasteiger partial charge in [-0.05, 0) is 48.4 Å². The molecule has 0 unspecified atom stereocenters. The Hall–Kier alpha value is -2.79. The third-order valence-corrected chi connectivity index (χ3v) is 11.1. The number of nitrogens with zero attached hydrogens (tertiary/aromatic N) is 2. The molecular weight excluding hydrogens is 636 g/mol. The number of hydrogen-bond donors (Lipinski definition) is 4. The molecule has 2 aromatic rings. The maximum Gasteiger partial charge on any atom is 0.407 e. The van der Waals surface area contributed by atoms with E-state index in [1.54, 1.807) is 19.2 Å². The molecule has 13 nitrogen and oxygen atoms in total. The minimum atomic E-state index is -4.22. The Morgan fingerprint density at radius 1 is 1.09 bits per heavy atom. The van der Waals surface area contributed by atoms with Crippen LogP contribution in [0.1, 0.15) is 32.3 Å². The number of ether oxygens (including phenoxy) is 2. The predicted molar refractivity (Wildman–Crippen MR) is 173 cm³/mol. The molecule has 256 valence electrons. The highest BCUT2D eigenvalue weighted by molar-refractivity contribution is 7.89. The highest BCUT2D eigenvalue weighted by atomic mass is 32.2. The first kappa shape index (κ1) is 36.1. The van der Waals surface area contributed by atoms with Crippen molar-refractivity contribution in [1.82, 2.24) is 13.9 Å². The predicted octanol–water partition coefficient (Wildman–Crippen LogP) is 2.40. The topological polar surface area (TPSA) is 175 Å². The van der Waals surface area contributed by atoms with Crippen molar-refractivity contribution in [3.8, 4) is 0 Å². The number of carboxylic acid groups (broad SMARTS) is 1. The molecular formula is C31H46N4O9S2. The van der Waals surface area contributed by atoms with Gasteiger partial charge in [0.2, 0.25) is 20.0 Å². The van der Waals surface area contributed by atoms with Crippen molar-refractivity contribution in [2.75, 3.05) is 51.5 Å². The second-order valence-electron chi connectivity index (χ2n) is 12.8. The standard InChI is InChI=1S/C31H46N4O9S2/c1-31(2,14-15-33-45(4,39)40)21-34(46(41,42)24-12-8-11-23(18-24)32-3)19-28(36)26(17-22-9-6-5-7-10-22)35(30(37)38)27-20-44-29-25(27)13-16-43-29/h5-12,18,25-29,32-33,36H,13-17,19-21H2,1-4H3,(H,37,38)/t25-,26-,27-,28+,29+/m0/s1. The highest BCUT2D eigenvalue weighted by Crippen LogP contribution is 2.36. The molecule has 0 aliphatic carbocycles. The molecule has 2 aliphatic rings. The normalized spacial score (nSPS) is 21.6. The van der Waals surface area contributed by atoms with Crippen LogP contribution in [0.2, 0.25) is 0 Å². The van der Waals surface area contributed by atoms with E-state index in [0.717, 1.165) is 11.8 Å². The summed E-state index contributed by atoms with van der Waals surface area (Å²) in [7, 11) is -6.00. The molecule has 2 aromatic carbocycles. The average molecular weight is 683 g/mol. The number of aliphatic hydroxyl groups excluding tert-OH is 1. The van der Waals surface area contributed by atoms with Gasteiger partial charge in [-0.2, -0.15) is 4.31 Å². The van der Waals surface area contributed by atoms with E-state index in [0.29, 0.717) is 25.1 Å². The minimum absolute atomic E-state index is 0.00134. The van der Waals surface area contributed by atoms with Gasteiger partial charge in [-0.1, -0.05) is 50.2 Å². The van der Waals surface area contributed by atoms with Crippen molar-refractivity contribution in [2.24, 2.45) is 11.3 Å². The van der Waals surface area contributed by atoms with Crippen molar-refractivity contribution in [3.05, 3.63) is 60.2 Å². The number of fused-ring (bicyclic) bond motifs is 1. The number of nitrogens with one attached hydrogen (secondary N) is 2. The first-order valence-corrected chi connectivity index (χ1v) is 18.6. The number of hydrogen-bond acceptors (Lipinski definition) is 9. The molecule has 1 amide bonds. The maximum atomic E-state index is 14.2. The Morgan fingerprint density at radius 2 is 1.80 bits per heavy atom. The van der Waals surface area contributed by atoms with Crippen molar-refractivity contribution in [1.29, 1.82) is 0 Å². The summed E-state index contributed by atoms with van der Waals surface area (Å²) in [5.74, 6) is -0.216. The lowest BCUT2D eigenvalue weighted by Crippen LogP contribution is -2.58. The zero-order valence-corrected chi connectivity index (χ0v) is 28.3. The van der Waals surface area contributed by atoms with E-state index in [2.05, 4.69) is 10.0 Å². The number of aliphatic hydroxyl groups is 1. The second-order valence-corrected chi connectivity index (χ2v) is 16.5. The molecule has 46 heavy (non-hydrogen) atoms. The molecule has 15 heteroatoms. The summed E-state index contributed by atoms with van der Waals surface area (Å²) >= 11 is 0. The Kier molecular flexibility index (Phi) is 11.7. The van der Waals surface area contributed by atoms with E-state index in [9.17, 15) is 31.8 Å². The first-order valence-electron chi connectivity index (χ1n) is 15.3. The summed E-state index contributed by atoms with van der Waals surface area (Å²) in [6.45, 7) is 3.78. The SMILES string of the molecule is CNc1cccc(S(=O)(=O)N(C[C@@H](O)[C@H](Cc2ccccc2)N(C(=O)O)[C@H]2CO[C@H]3OCC[C@H]32)CC(C)(C)CCNS(C)(=O)=O)c1. The van der Waals surface area contributed by atoms with E-state index in [-0.39, 0.29) is 36.9 Å². The van der Waals surface area contributed by atoms with Gasteiger partial charge >= 0.3 is 6.09 Å². The summed E-state index contributed by atoms with van der Waals surface area (Å²) in [5.41, 5.74) is 0.617. The summed E-state index contributed by atoms with van der Waals surface area (Å²) in [6.07, 6.45) is -1.12. The number of rotatable bonds is 16. The fourth-order valence-corrected chi connectivity index (χ4v) is 8.37. The Labute approximate surface area is 272 Å². The number of anilines is 1. The molecule has 4 rings (SSSR count). The monoisotopic (exact) mass is 682 g/mol. The lowest BCUT2D eigenvalue weighted by atomic mass is 9.89. The quantitative estimate of drug-likeness (QED) is 0.206. The summed E-state index contributed by atoms with van der Waals surface area (Å²) in [6, 6.07) is 13.8. The van der Waals surface area contributed by atoms with E-state index in [1.807, 2.05) is 44.2 Å². The Balaban J connectivity index is 1.70. The fourth-order valence-electron chi connectivity index (χ4n) is 6.20. The van der Waals surface area contributed by atoms with E-state index < -0.39 is 62.6 Å². The molecule has 2 aliphatic heterocycles. The van der Waals surface area contributed by atoms with Gasteiger partial charge in [0.15, 0.2) is 6.29 Å². The molecule has 0 saturated carbocycles. The van der Waals surface area contributed by atoms with Gasteiger partial charge in [-0.25, -0.2) is 26.4 Å². The maximum absolute atomic E-state index is 14.2. The van der Waals surface area contributed by atoms with E-state index in [1.165, 1.54) is 21.3 Å². The van der Waals surface area contributed by atoms with Crippen LogP contribution in [0.4, 0.5) is 10.5 Å². The van der Waals surface area contributed by atoms with Crippen LogP contribution < -0.4 is 10.0 Å². The van der Waals surface area contributed by atoms with Crippen LogP contribution in [-0.2, 0) is 35.9 Å². The smallest absolute Gasteiger partial charge is 0.407 e. The molecule has 2 saturated heterocycles. The first-order chi connectivity index (χ1) is 21.6. The van der Waals surface area contributed by atoms with Gasteiger partial charge in [0.1, 0.15) is 0 Å².